The number of alkyl halides is 1. The van der Waals surface area contributed by atoms with Gasteiger partial charge in [0.25, 0.3) is 0 Å². The molecule has 0 saturated carbocycles. The van der Waals surface area contributed by atoms with Crippen LogP contribution in [0, 0.1) is 6.92 Å². The fraction of sp³-hybridized carbons (Fsp3) is 0.273. The van der Waals surface area contributed by atoms with E-state index in [1.165, 1.54) is 5.56 Å². The van der Waals surface area contributed by atoms with Gasteiger partial charge in [-0.15, -0.1) is 11.6 Å². The van der Waals surface area contributed by atoms with E-state index < -0.39 is 0 Å². The fourth-order valence-electron chi connectivity index (χ4n) is 1.08. The molecule has 76 valence electrons. The number of hydrogen-bond acceptors (Lipinski definition) is 1. The molecule has 0 heterocycles. The van der Waals surface area contributed by atoms with Crippen molar-refractivity contribution in [2.24, 2.45) is 0 Å². The molecule has 1 N–H and O–H groups in total. The first-order valence-electron chi connectivity index (χ1n) is 4.45. The lowest BCUT2D eigenvalue weighted by atomic mass is 10.2. The molecule has 0 aliphatic rings. The molecule has 0 fully saturated rings. The van der Waals surface area contributed by atoms with Crippen molar-refractivity contribution in [2.75, 3.05) is 17.7 Å². The highest BCUT2D eigenvalue weighted by atomic mass is 79.9. The summed E-state index contributed by atoms with van der Waals surface area (Å²) in [7, 11) is 0. The van der Waals surface area contributed by atoms with E-state index in [0.29, 0.717) is 5.88 Å². The van der Waals surface area contributed by atoms with Crippen molar-refractivity contribution in [3.63, 3.8) is 0 Å². The van der Waals surface area contributed by atoms with Crippen molar-refractivity contribution in [1.82, 2.24) is 0 Å². The van der Waals surface area contributed by atoms with Gasteiger partial charge in [0, 0.05) is 22.6 Å². The summed E-state index contributed by atoms with van der Waals surface area (Å²) in [6, 6.07) is 6.24. The third kappa shape index (κ3) is 3.72. The summed E-state index contributed by atoms with van der Waals surface area (Å²) in [5, 5.41) is 3.28. The molecule has 0 radical (unpaired) electrons. The van der Waals surface area contributed by atoms with Gasteiger partial charge < -0.3 is 5.32 Å². The van der Waals surface area contributed by atoms with Gasteiger partial charge >= 0.3 is 0 Å². The molecule has 0 aliphatic carbocycles. The highest BCUT2D eigenvalue weighted by molar-refractivity contribution is 9.10. The lowest BCUT2D eigenvalue weighted by Gasteiger charge is -2.06. The van der Waals surface area contributed by atoms with Gasteiger partial charge in [-0.25, -0.2) is 0 Å². The number of aryl methyl sites for hydroxylation is 1. The molecule has 1 aromatic carbocycles. The Morgan fingerprint density at radius 1 is 1.43 bits per heavy atom. The number of allylic oxidation sites excluding steroid dienone is 1. The summed E-state index contributed by atoms with van der Waals surface area (Å²) in [6.07, 6.45) is 3.94. The molecule has 0 unspecified atom stereocenters. The molecule has 0 saturated heterocycles. The van der Waals surface area contributed by atoms with Gasteiger partial charge in [-0.3, -0.25) is 0 Å². The van der Waals surface area contributed by atoms with E-state index >= 15 is 0 Å². The Kier molecular flexibility index (Phi) is 5.05. The van der Waals surface area contributed by atoms with Crippen LogP contribution in [0.2, 0.25) is 0 Å². The largest absolute Gasteiger partial charge is 0.381 e. The molecule has 1 aromatic rings. The maximum atomic E-state index is 5.51. The normalized spacial score (nSPS) is 10.8. The molecule has 3 heteroatoms. The van der Waals surface area contributed by atoms with Crippen LogP contribution in [0.3, 0.4) is 0 Å². The molecule has 0 bridgehead atoms. The number of nitrogens with one attached hydrogen (secondary N) is 1. The Morgan fingerprint density at radius 3 is 2.86 bits per heavy atom. The first-order valence-corrected chi connectivity index (χ1v) is 5.78. The van der Waals surface area contributed by atoms with Crippen LogP contribution >= 0.6 is 27.5 Å². The van der Waals surface area contributed by atoms with E-state index in [2.05, 4.69) is 46.4 Å². The molecule has 0 aromatic heterocycles. The topological polar surface area (TPSA) is 12.0 Å². The van der Waals surface area contributed by atoms with E-state index in [9.17, 15) is 0 Å². The number of hydrogen-bond donors (Lipinski definition) is 1. The van der Waals surface area contributed by atoms with Crippen LogP contribution in [-0.4, -0.2) is 12.4 Å². The Hall–Kier alpha value is -0.470. The zero-order chi connectivity index (χ0) is 10.4. The second-order valence-corrected chi connectivity index (χ2v) is 4.15. The van der Waals surface area contributed by atoms with E-state index in [0.717, 1.165) is 16.7 Å². The SMILES string of the molecule is Cc1ccc(NC/C=C/CCl)c(Br)c1. The molecule has 0 aliphatic heterocycles. The number of anilines is 1. The number of rotatable bonds is 4. The minimum Gasteiger partial charge on any atom is -0.381 e. The van der Waals surface area contributed by atoms with Gasteiger partial charge in [0.15, 0.2) is 0 Å². The molecule has 1 rings (SSSR count). The zero-order valence-corrected chi connectivity index (χ0v) is 10.4. The van der Waals surface area contributed by atoms with E-state index in [1.54, 1.807) is 0 Å². The molecule has 14 heavy (non-hydrogen) atoms. The third-order valence-corrected chi connectivity index (χ3v) is 2.62. The summed E-state index contributed by atoms with van der Waals surface area (Å²) < 4.78 is 1.09. The van der Waals surface area contributed by atoms with Crippen molar-refractivity contribution in [3.8, 4) is 0 Å². The Morgan fingerprint density at radius 2 is 2.21 bits per heavy atom. The zero-order valence-electron chi connectivity index (χ0n) is 8.06. The maximum Gasteiger partial charge on any atom is 0.0487 e. The second-order valence-electron chi connectivity index (χ2n) is 2.99. The average molecular weight is 275 g/mol. The summed E-state index contributed by atoms with van der Waals surface area (Å²) in [4.78, 5) is 0. The van der Waals surface area contributed by atoms with E-state index in [1.807, 2.05) is 12.2 Å². The lowest BCUT2D eigenvalue weighted by Crippen LogP contribution is -1.98. The van der Waals surface area contributed by atoms with Gasteiger partial charge in [0.1, 0.15) is 0 Å². The first-order chi connectivity index (χ1) is 6.74. The van der Waals surface area contributed by atoms with Crippen molar-refractivity contribution in [1.29, 1.82) is 0 Å². The van der Waals surface area contributed by atoms with Gasteiger partial charge in [-0.1, -0.05) is 18.2 Å². The molecule has 1 nitrogen and oxygen atoms in total. The highest BCUT2D eigenvalue weighted by Gasteiger charge is 1.96. The van der Waals surface area contributed by atoms with Crippen molar-refractivity contribution in [2.45, 2.75) is 6.92 Å². The average Bonchev–Trinajstić information content (AvgIpc) is 2.15. The molecule has 0 spiro atoms. The molecular formula is C11H13BrClN. The van der Waals surface area contributed by atoms with Gasteiger partial charge in [0.05, 0.1) is 0 Å². The first kappa shape index (κ1) is 11.6. The van der Waals surface area contributed by atoms with Gasteiger partial charge in [-0.05, 0) is 40.5 Å². The van der Waals surface area contributed by atoms with Crippen molar-refractivity contribution < 1.29 is 0 Å². The maximum absolute atomic E-state index is 5.51. The smallest absolute Gasteiger partial charge is 0.0487 e. The highest BCUT2D eigenvalue weighted by Crippen LogP contribution is 2.22. The monoisotopic (exact) mass is 273 g/mol. The summed E-state index contributed by atoms with van der Waals surface area (Å²) in [5.41, 5.74) is 2.36. The van der Waals surface area contributed by atoms with Gasteiger partial charge in [-0.2, -0.15) is 0 Å². The number of halogens is 2. The standard InChI is InChI=1S/C11H13BrClN/c1-9-4-5-11(10(12)8-9)14-7-3-2-6-13/h2-5,8,14H,6-7H2,1H3/b3-2+. The fourth-order valence-corrected chi connectivity index (χ4v) is 1.84. The summed E-state index contributed by atoms with van der Waals surface area (Å²) in [5.74, 6) is 0.566. The second kappa shape index (κ2) is 6.10. The Labute approximate surface area is 98.3 Å². The van der Waals surface area contributed by atoms with E-state index in [-0.39, 0.29) is 0 Å². The minimum atomic E-state index is 0.566. The van der Waals surface area contributed by atoms with Crippen LogP contribution in [-0.2, 0) is 0 Å². The quantitative estimate of drug-likeness (QED) is 0.647. The van der Waals surface area contributed by atoms with Crippen LogP contribution < -0.4 is 5.32 Å². The van der Waals surface area contributed by atoms with Crippen molar-refractivity contribution in [3.05, 3.63) is 40.4 Å². The van der Waals surface area contributed by atoms with Crippen LogP contribution in [0.5, 0.6) is 0 Å². The van der Waals surface area contributed by atoms with E-state index in [4.69, 9.17) is 11.6 Å². The Bertz CT molecular complexity index is 323. The predicted octanol–water partition coefficient (Wildman–Crippen LogP) is 3.96. The minimum absolute atomic E-state index is 0.566. The molecule has 0 atom stereocenters. The third-order valence-electron chi connectivity index (χ3n) is 1.79. The summed E-state index contributed by atoms with van der Waals surface area (Å²) >= 11 is 9.02. The number of benzene rings is 1. The van der Waals surface area contributed by atoms with Crippen LogP contribution in [0.4, 0.5) is 5.69 Å². The summed E-state index contributed by atoms with van der Waals surface area (Å²) in [6.45, 7) is 2.87. The lowest BCUT2D eigenvalue weighted by molar-refractivity contribution is 1.31. The molecule has 0 amide bonds. The molecular weight excluding hydrogens is 261 g/mol. The Balaban J connectivity index is 2.55. The van der Waals surface area contributed by atoms with Crippen LogP contribution in [0.25, 0.3) is 0 Å². The van der Waals surface area contributed by atoms with Crippen LogP contribution in [0.15, 0.2) is 34.8 Å². The van der Waals surface area contributed by atoms with Gasteiger partial charge in [0.2, 0.25) is 0 Å². The van der Waals surface area contributed by atoms with Crippen molar-refractivity contribution >= 4 is 33.2 Å². The predicted molar refractivity (Wildman–Crippen MR) is 67.2 cm³/mol. The van der Waals surface area contributed by atoms with Crippen LogP contribution in [0.1, 0.15) is 5.56 Å².